The number of hydrogen-bond acceptors (Lipinski definition) is 6. The first-order valence-electron chi connectivity index (χ1n) is 5.72. The second-order valence-electron chi connectivity index (χ2n) is 3.84. The van der Waals surface area contributed by atoms with Crippen LogP contribution in [0.1, 0.15) is 10.9 Å². The Labute approximate surface area is 108 Å². The molecular weight excluding hydrogens is 248 g/mol. The molecule has 6 heteroatoms. The summed E-state index contributed by atoms with van der Waals surface area (Å²) >= 11 is 1.72. The van der Waals surface area contributed by atoms with Crippen molar-refractivity contribution in [3.8, 4) is 0 Å². The lowest BCUT2D eigenvalue weighted by Crippen LogP contribution is -2.16. The van der Waals surface area contributed by atoms with E-state index in [2.05, 4.69) is 26.5 Å². The van der Waals surface area contributed by atoms with Crippen LogP contribution >= 0.6 is 11.3 Å². The molecule has 0 saturated carbocycles. The van der Waals surface area contributed by atoms with Crippen LogP contribution in [-0.4, -0.2) is 21.7 Å². The van der Waals surface area contributed by atoms with Crippen molar-refractivity contribution in [1.29, 1.82) is 0 Å². The average molecular weight is 260 g/mol. The van der Waals surface area contributed by atoms with E-state index in [-0.39, 0.29) is 0 Å². The summed E-state index contributed by atoms with van der Waals surface area (Å²) in [5.41, 5.74) is 1.07. The second-order valence-corrected chi connectivity index (χ2v) is 4.95. The van der Waals surface area contributed by atoms with Crippen LogP contribution < -0.4 is 5.32 Å². The van der Waals surface area contributed by atoms with E-state index in [0.717, 1.165) is 30.0 Å². The van der Waals surface area contributed by atoms with Gasteiger partial charge in [-0.1, -0.05) is 17.3 Å². The summed E-state index contributed by atoms with van der Waals surface area (Å²) in [6, 6.07) is 8.17. The number of rotatable bonds is 5. The van der Waals surface area contributed by atoms with E-state index in [0.29, 0.717) is 5.89 Å². The predicted octanol–water partition coefficient (Wildman–Crippen LogP) is 2.01. The highest BCUT2D eigenvalue weighted by atomic mass is 32.1. The van der Waals surface area contributed by atoms with Crippen LogP contribution in [0, 0.1) is 0 Å². The van der Waals surface area contributed by atoms with E-state index >= 15 is 0 Å². The van der Waals surface area contributed by atoms with Gasteiger partial charge in [0.15, 0.2) is 6.33 Å². The first-order chi connectivity index (χ1) is 8.92. The molecule has 0 atom stereocenters. The van der Waals surface area contributed by atoms with E-state index in [1.807, 2.05) is 18.2 Å². The Morgan fingerprint density at radius 3 is 3.06 bits per heavy atom. The lowest BCUT2D eigenvalue weighted by molar-refractivity contribution is 0.375. The summed E-state index contributed by atoms with van der Waals surface area (Å²) in [7, 11) is 0. The van der Waals surface area contributed by atoms with E-state index in [1.54, 1.807) is 11.3 Å². The normalized spacial score (nSPS) is 11.1. The molecule has 92 valence electrons. The van der Waals surface area contributed by atoms with Gasteiger partial charge in [-0.15, -0.1) is 11.3 Å². The van der Waals surface area contributed by atoms with Crippen molar-refractivity contribution in [1.82, 2.24) is 20.4 Å². The molecule has 0 fully saturated rings. The minimum absolute atomic E-state index is 0.659. The van der Waals surface area contributed by atoms with Crippen molar-refractivity contribution < 1.29 is 4.52 Å². The topological polar surface area (TPSA) is 63.8 Å². The Morgan fingerprint density at radius 2 is 2.22 bits per heavy atom. The molecule has 0 radical (unpaired) electrons. The lowest BCUT2D eigenvalue weighted by Gasteiger charge is -1.98. The van der Waals surface area contributed by atoms with Crippen LogP contribution in [-0.2, 0) is 13.0 Å². The van der Waals surface area contributed by atoms with Gasteiger partial charge in [-0.05, 0) is 12.1 Å². The summed E-state index contributed by atoms with van der Waals surface area (Å²) in [5.74, 6) is 0.659. The molecule has 2 aromatic heterocycles. The maximum atomic E-state index is 4.92. The number of aromatic nitrogens is 3. The molecule has 18 heavy (non-hydrogen) atoms. The standard InChI is InChI=1S/C12H12N4OS/c1-2-4-10-9(3-1)16-12(18-10)7-13-6-5-11-14-8-15-17-11/h1-4,8,13H,5-7H2. The van der Waals surface area contributed by atoms with Gasteiger partial charge in [0.2, 0.25) is 5.89 Å². The third kappa shape index (κ3) is 2.55. The van der Waals surface area contributed by atoms with Crippen molar-refractivity contribution in [3.63, 3.8) is 0 Å². The van der Waals surface area contributed by atoms with Gasteiger partial charge in [0.1, 0.15) is 5.01 Å². The number of thiazole rings is 1. The molecule has 1 N–H and O–H groups in total. The number of nitrogens with one attached hydrogen (secondary N) is 1. The Kier molecular flexibility index (Phi) is 3.29. The highest BCUT2D eigenvalue weighted by molar-refractivity contribution is 7.18. The maximum absolute atomic E-state index is 4.92. The Balaban J connectivity index is 1.53. The molecule has 1 aromatic carbocycles. The number of fused-ring (bicyclic) bond motifs is 1. The summed E-state index contributed by atoms with van der Waals surface area (Å²) in [5, 5.41) is 7.98. The van der Waals surface area contributed by atoms with Crippen molar-refractivity contribution in [2.45, 2.75) is 13.0 Å². The van der Waals surface area contributed by atoms with Crippen LogP contribution in [0.25, 0.3) is 10.2 Å². The Morgan fingerprint density at radius 1 is 1.28 bits per heavy atom. The zero-order chi connectivity index (χ0) is 12.2. The van der Waals surface area contributed by atoms with Gasteiger partial charge in [-0.3, -0.25) is 0 Å². The van der Waals surface area contributed by atoms with Gasteiger partial charge in [0.05, 0.1) is 10.2 Å². The highest BCUT2D eigenvalue weighted by Gasteiger charge is 2.03. The van der Waals surface area contributed by atoms with E-state index in [1.165, 1.54) is 11.0 Å². The SMILES string of the molecule is c1ccc2sc(CNCCc3ncno3)nc2c1. The maximum Gasteiger partial charge on any atom is 0.227 e. The third-order valence-electron chi connectivity index (χ3n) is 2.54. The fraction of sp³-hybridized carbons (Fsp3) is 0.250. The minimum atomic E-state index is 0.659. The van der Waals surface area contributed by atoms with Crippen molar-refractivity contribution in [2.75, 3.05) is 6.54 Å². The van der Waals surface area contributed by atoms with Crippen molar-refractivity contribution in [2.24, 2.45) is 0 Å². The van der Waals surface area contributed by atoms with Gasteiger partial charge in [0, 0.05) is 19.5 Å². The fourth-order valence-electron chi connectivity index (χ4n) is 1.69. The van der Waals surface area contributed by atoms with E-state index in [9.17, 15) is 0 Å². The summed E-state index contributed by atoms with van der Waals surface area (Å²) in [6.07, 6.45) is 2.16. The molecule has 0 bridgehead atoms. The molecule has 0 aliphatic rings. The van der Waals surface area contributed by atoms with Gasteiger partial charge >= 0.3 is 0 Å². The molecule has 5 nitrogen and oxygen atoms in total. The lowest BCUT2D eigenvalue weighted by atomic mass is 10.3. The van der Waals surface area contributed by atoms with Crippen LogP contribution in [0.2, 0.25) is 0 Å². The summed E-state index contributed by atoms with van der Waals surface area (Å²) in [4.78, 5) is 8.52. The Hall–Kier alpha value is -1.79. The fourth-order valence-corrected chi connectivity index (χ4v) is 2.63. The van der Waals surface area contributed by atoms with Gasteiger partial charge in [-0.25, -0.2) is 4.98 Å². The highest BCUT2D eigenvalue weighted by Crippen LogP contribution is 2.21. The summed E-state index contributed by atoms with van der Waals surface area (Å²) in [6.45, 7) is 1.58. The number of para-hydroxylation sites is 1. The first kappa shape index (κ1) is 11.3. The number of benzene rings is 1. The zero-order valence-corrected chi connectivity index (χ0v) is 10.5. The predicted molar refractivity (Wildman–Crippen MR) is 69.3 cm³/mol. The van der Waals surface area contributed by atoms with E-state index in [4.69, 9.17) is 4.52 Å². The molecule has 0 aliphatic carbocycles. The molecule has 0 unspecified atom stereocenters. The van der Waals surface area contributed by atoms with Crippen molar-refractivity contribution in [3.05, 3.63) is 41.5 Å². The monoisotopic (exact) mass is 260 g/mol. The van der Waals surface area contributed by atoms with Crippen LogP contribution in [0.5, 0.6) is 0 Å². The quantitative estimate of drug-likeness (QED) is 0.711. The van der Waals surface area contributed by atoms with Crippen LogP contribution in [0.3, 0.4) is 0 Å². The molecule has 0 saturated heterocycles. The molecule has 0 amide bonds. The molecule has 0 spiro atoms. The second kappa shape index (κ2) is 5.24. The first-order valence-corrected chi connectivity index (χ1v) is 6.54. The van der Waals surface area contributed by atoms with Gasteiger partial charge in [-0.2, -0.15) is 4.98 Å². The average Bonchev–Trinajstić information content (AvgIpc) is 3.03. The summed E-state index contributed by atoms with van der Waals surface area (Å²) < 4.78 is 6.15. The molecule has 2 heterocycles. The van der Waals surface area contributed by atoms with E-state index < -0.39 is 0 Å². The molecular formula is C12H12N4OS. The third-order valence-corrected chi connectivity index (χ3v) is 3.57. The van der Waals surface area contributed by atoms with Crippen LogP contribution in [0.15, 0.2) is 35.1 Å². The number of hydrogen-bond donors (Lipinski definition) is 1. The minimum Gasteiger partial charge on any atom is -0.340 e. The van der Waals surface area contributed by atoms with Gasteiger partial charge in [0.25, 0.3) is 0 Å². The number of nitrogens with zero attached hydrogens (tertiary/aromatic N) is 3. The largest absolute Gasteiger partial charge is 0.340 e. The Bertz CT molecular complexity index is 587. The smallest absolute Gasteiger partial charge is 0.227 e. The molecule has 0 aliphatic heterocycles. The molecule has 3 aromatic rings. The van der Waals surface area contributed by atoms with Crippen LogP contribution in [0.4, 0.5) is 0 Å². The van der Waals surface area contributed by atoms with Crippen molar-refractivity contribution >= 4 is 21.6 Å². The zero-order valence-electron chi connectivity index (χ0n) is 9.67. The molecule has 3 rings (SSSR count). The van der Waals surface area contributed by atoms with Gasteiger partial charge < -0.3 is 9.84 Å².